The van der Waals surface area contributed by atoms with E-state index in [9.17, 15) is 18.0 Å². The van der Waals surface area contributed by atoms with Crippen molar-refractivity contribution < 1.29 is 22.7 Å². The summed E-state index contributed by atoms with van der Waals surface area (Å²) in [5.74, 6) is 0.138. The van der Waals surface area contributed by atoms with Crippen molar-refractivity contribution in [1.29, 1.82) is 0 Å². The highest BCUT2D eigenvalue weighted by Crippen LogP contribution is 2.36. The molecule has 0 spiro atoms. The van der Waals surface area contributed by atoms with Crippen LogP contribution >= 0.6 is 0 Å². The number of nitrogens with zero attached hydrogens (tertiary/aromatic N) is 3. The molecule has 0 aliphatic carbocycles. The number of aryl methyl sites for hydroxylation is 1. The Morgan fingerprint density at radius 2 is 1.79 bits per heavy atom. The van der Waals surface area contributed by atoms with Crippen LogP contribution in [0.5, 0.6) is 5.75 Å². The number of carbonyl (C=O) groups excluding carboxylic acids is 2. The number of piperidine rings is 1. The summed E-state index contributed by atoms with van der Waals surface area (Å²) in [5.41, 5.74) is 1.04. The number of nitrogens with one attached hydrogen (secondary N) is 1. The van der Waals surface area contributed by atoms with Crippen LogP contribution in [0.1, 0.15) is 38.7 Å². The van der Waals surface area contributed by atoms with Gasteiger partial charge in [0.15, 0.2) is 6.10 Å². The molecule has 1 N–H and O–H groups in total. The number of carbonyl (C=O) groups is 2. The molecule has 0 aromatic heterocycles. The predicted octanol–water partition coefficient (Wildman–Crippen LogP) is 1.67. The third-order valence-corrected chi connectivity index (χ3v) is 8.89. The van der Waals surface area contributed by atoms with E-state index < -0.39 is 16.1 Å². The number of anilines is 1. The van der Waals surface area contributed by atoms with E-state index in [-0.39, 0.29) is 22.6 Å². The molecule has 0 radical (unpaired) electrons. The first-order chi connectivity index (χ1) is 15.7. The van der Waals surface area contributed by atoms with E-state index in [1.165, 1.54) is 10.4 Å². The number of amides is 2. The zero-order valence-corrected chi connectivity index (χ0v) is 20.5. The molecule has 0 unspecified atom stereocenters. The van der Waals surface area contributed by atoms with Crippen molar-refractivity contribution >= 4 is 27.5 Å². The Kier molecular flexibility index (Phi) is 6.97. The Balaban J connectivity index is 1.40. The summed E-state index contributed by atoms with van der Waals surface area (Å²) >= 11 is 0. The summed E-state index contributed by atoms with van der Waals surface area (Å²) in [6.45, 7) is 10.5. The van der Waals surface area contributed by atoms with Gasteiger partial charge in [0, 0.05) is 51.3 Å². The Morgan fingerprint density at radius 1 is 1.12 bits per heavy atom. The maximum absolute atomic E-state index is 13.4. The Bertz CT molecular complexity index is 1010. The van der Waals surface area contributed by atoms with Gasteiger partial charge in [-0.25, -0.2) is 8.42 Å². The first-order valence-electron chi connectivity index (χ1n) is 11.8. The number of fused-ring (bicyclic) bond motifs is 1. The minimum Gasteiger partial charge on any atom is -0.479 e. The standard InChI is InChI=1S/C23H34N4O5S/c1-4-7-25-10-12-26(13-11-25)23(29)18-5-8-27(9-6-18)33(30,31)21-15-20-19(14-16(21)2)24-22(28)17(3)32-20/h14-15,17-18H,4-13H2,1-3H3,(H,24,28)/t17-/m1/s1. The van der Waals surface area contributed by atoms with Crippen LogP contribution in [0, 0.1) is 12.8 Å². The van der Waals surface area contributed by atoms with Gasteiger partial charge in [0.25, 0.3) is 5.91 Å². The molecule has 9 nitrogen and oxygen atoms in total. The first kappa shape index (κ1) is 24.0. The molecule has 0 saturated carbocycles. The third kappa shape index (κ3) is 4.88. The molecule has 10 heteroatoms. The normalized spacial score (nSPS) is 23.1. The quantitative estimate of drug-likeness (QED) is 0.691. The van der Waals surface area contributed by atoms with E-state index in [2.05, 4.69) is 17.1 Å². The lowest BCUT2D eigenvalue weighted by Gasteiger charge is -2.38. The highest BCUT2D eigenvalue weighted by Gasteiger charge is 2.36. The van der Waals surface area contributed by atoms with Crippen molar-refractivity contribution in [2.24, 2.45) is 5.92 Å². The van der Waals surface area contributed by atoms with Crippen LogP contribution < -0.4 is 10.1 Å². The number of piperazine rings is 1. The highest BCUT2D eigenvalue weighted by atomic mass is 32.2. The second kappa shape index (κ2) is 9.60. The lowest BCUT2D eigenvalue weighted by Crippen LogP contribution is -2.52. The average Bonchev–Trinajstić information content (AvgIpc) is 2.80. The molecule has 3 aliphatic heterocycles. The topological polar surface area (TPSA) is 99.3 Å². The van der Waals surface area contributed by atoms with Crippen molar-refractivity contribution in [2.45, 2.75) is 51.0 Å². The van der Waals surface area contributed by atoms with Gasteiger partial charge in [-0.15, -0.1) is 0 Å². The second-order valence-electron chi connectivity index (χ2n) is 9.21. The maximum atomic E-state index is 13.4. The van der Waals surface area contributed by atoms with Crippen molar-refractivity contribution in [1.82, 2.24) is 14.1 Å². The number of benzene rings is 1. The zero-order chi connectivity index (χ0) is 23.8. The summed E-state index contributed by atoms with van der Waals surface area (Å²) in [4.78, 5) is 29.4. The molecule has 2 saturated heterocycles. The molecule has 2 fully saturated rings. The molecule has 3 heterocycles. The average molecular weight is 479 g/mol. The van der Waals surface area contributed by atoms with Crippen molar-refractivity contribution in [3.8, 4) is 5.75 Å². The summed E-state index contributed by atoms with van der Waals surface area (Å²) in [5, 5.41) is 2.75. The zero-order valence-electron chi connectivity index (χ0n) is 19.7. The number of rotatable bonds is 5. The molecule has 2 amide bonds. The minimum absolute atomic E-state index is 0.127. The first-order valence-corrected chi connectivity index (χ1v) is 13.3. The van der Waals surface area contributed by atoms with Crippen LogP contribution in [0.25, 0.3) is 0 Å². The molecule has 1 aromatic rings. The smallest absolute Gasteiger partial charge is 0.265 e. The summed E-state index contributed by atoms with van der Waals surface area (Å²) < 4.78 is 33.9. The molecule has 1 aromatic carbocycles. The molecule has 1 atom stereocenters. The van der Waals surface area contributed by atoms with E-state index >= 15 is 0 Å². The minimum atomic E-state index is -3.74. The predicted molar refractivity (Wildman–Crippen MR) is 125 cm³/mol. The van der Waals surface area contributed by atoms with Gasteiger partial charge in [0.05, 0.1) is 10.6 Å². The number of sulfonamides is 1. The monoisotopic (exact) mass is 478 g/mol. The van der Waals surface area contributed by atoms with Crippen LogP contribution in [-0.2, 0) is 19.6 Å². The fourth-order valence-electron chi connectivity index (χ4n) is 4.87. The SMILES string of the molecule is CCCN1CCN(C(=O)C2CCN(S(=O)(=O)c3cc4c(cc3C)NC(=O)[C@@H](C)O4)CC2)CC1. The fourth-order valence-corrected chi connectivity index (χ4v) is 6.56. The van der Waals surface area contributed by atoms with Crippen LogP contribution in [0.2, 0.25) is 0 Å². The van der Waals surface area contributed by atoms with Gasteiger partial charge in [-0.1, -0.05) is 6.92 Å². The van der Waals surface area contributed by atoms with Gasteiger partial charge in [-0.3, -0.25) is 14.5 Å². The molecule has 33 heavy (non-hydrogen) atoms. The van der Waals surface area contributed by atoms with Gasteiger partial charge < -0.3 is 15.0 Å². The van der Waals surface area contributed by atoms with E-state index in [0.717, 1.165) is 39.1 Å². The summed E-state index contributed by atoms with van der Waals surface area (Å²) in [7, 11) is -3.74. The lowest BCUT2D eigenvalue weighted by molar-refractivity contribution is -0.138. The van der Waals surface area contributed by atoms with E-state index in [0.29, 0.717) is 42.9 Å². The molecule has 4 rings (SSSR count). The van der Waals surface area contributed by atoms with Crippen LogP contribution in [0.4, 0.5) is 5.69 Å². The second-order valence-corrected chi connectivity index (χ2v) is 11.1. The van der Waals surface area contributed by atoms with Gasteiger partial charge in [-0.2, -0.15) is 4.31 Å². The van der Waals surface area contributed by atoms with Gasteiger partial charge in [-0.05, 0) is 51.3 Å². The van der Waals surface area contributed by atoms with Crippen LogP contribution in [0.3, 0.4) is 0 Å². The van der Waals surface area contributed by atoms with E-state index in [1.807, 2.05) is 4.90 Å². The van der Waals surface area contributed by atoms with Crippen LogP contribution in [-0.4, -0.2) is 86.3 Å². The van der Waals surface area contributed by atoms with E-state index in [4.69, 9.17) is 4.74 Å². The fraction of sp³-hybridized carbons (Fsp3) is 0.652. The molecular weight excluding hydrogens is 444 g/mol. The number of hydrogen-bond donors (Lipinski definition) is 1. The maximum Gasteiger partial charge on any atom is 0.265 e. The van der Waals surface area contributed by atoms with Gasteiger partial charge in [0.2, 0.25) is 15.9 Å². The largest absolute Gasteiger partial charge is 0.479 e. The van der Waals surface area contributed by atoms with Crippen molar-refractivity contribution in [3.05, 3.63) is 17.7 Å². The van der Waals surface area contributed by atoms with Crippen LogP contribution in [0.15, 0.2) is 17.0 Å². The summed E-state index contributed by atoms with van der Waals surface area (Å²) in [6.07, 6.45) is 1.49. The lowest BCUT2D eigenvalue weighted by atomic mass is 9.96. The number of hydrogen-bond acceptors (Lipinski definition) is 6. The highest BCUT2D eigenvalue weighted by molar-refractivity contribution is 7.89. The van der Waals surface area contributed by atoms with Crippen molar-refractivity contribution in [2.75, 3.05) is 51.1 Å². The third-order valence-electron chi connectivity index (χ3n) is 6.85. The Morgan fingerprint density at radius 3 is 2.42 bits per heavy atom. The molecule has 182 valence electrons. The summed E-state index contributed by atoms with van der Waals surface area (Å²) in [6, 6.07) is 3.14. The Hall–Kier alpha value is -2.17. The molecular formula is C23H34N4O5S. The molecule has 3 aliphatic rings. The molecule has 0 bridgehead atoms. The van der Waals surface area contributed by atoms with Gasteiger partial charge in [0.1, 0.15) is 5.75 Å². The Labute approximate surface area is 196 Å². The van der Waals surface area contributed by atoms with E-state index in [1.54, 1.807) is 19.9 Å². The number of ether oxygens (including phenoxy) is 1. The van der Waals surface area contributed by atoms with Gasteiger partial charge >= 0.3 is 0 Å². The van der Waals surface area contributed by atoms with Crippen molar-refractivity contribution in [3.63, 3.8) is 0 Å².